The Balaban J connectivity index is 1.44. The van der Waals surface area contributed by atoms with Crippen LogP contribution in [-0.4, -0.2) is 42.5 Å². The summed E-state index contributed by atoms with van der Waals surface area (Å²) in [6.07, 6.45) is 16.2. The largest absolute Gasteiger partial charge is 0.303 e. The van der Waals surface area contributed by atoms with E-state index in [-0.39, 0.29) is 0 Å². The SMILES string of the molecule is CN(C)C1(C2CCCC2)CCC2(CCN([C]3CC3)C2)CC1. The summed E-state index contributed by atoms with van der Waals surface area (Å²) < 4.78 is 0. The van der Waals surface area contributed by atoms with Crippen LogP contribution in [0.4, 0.5) is 0 Å². The quantitative estimate of drug-likeness (QED) is 0.773. The number of likely N-dealkylation sites (tertiary alicyclic amines) is 1. The third kappa shape index (κ3) is 2.47. The van der Waals surface area contributed by atoms with Gasteiger partial charge in [0.1, 0.15) is 0 Å². The molecule has 1 heterocycles. The second-order valence-electron chi connectivity index (χ2n) is 8.72. The molecule has 4 rings (SSSR count). The van der Waals surface area contributed by atoms with Crippen LogP contribution in [0.25, 0.3) is 0 Å². The average molecular weight is 289 g/mol. The number of nitrogens with zero attached hydrogens (tertiary/aromatic N) is 2. The minimum Gasteiger partial charge on any atom is -0.303 e. The van der Waals surface area contributed by atoms with Gasteiger partial charge in [-0.1, -0.05) is 12.8 Å². The molecule has 0 unspecified atom stereocenters. The van der Waals surface area contributed by atoms with Crippen LogP contribution in [0.5, 0.6) is 0 Å². The van der Waals surface area contributed by atoms with Crippen LogP contribution >= 0.6 is 0 Å². The molecule has 0 atom stereocenters. The lowest BCUT2D eigenvalue weighted by Gasteiger charge is -2.52. The molecule has 0 aromatic rings. The first-order chi connectivity index (χ1) is 10.1. The van der Waals surface area contributed by atoms with Gasteiger partial charge in [0.05, 0.1) is 0 Å². The molecule has 1 spiro atoms. The molecular weight excluding hydrogens is 256 g/mol. The summed E-state index contributed by atoms with van der Waals surface area (Å²) in [6, 6.07) is 1.77. The third-order valence-corrected chi connectivity index (χ3v) is 7.54. The monoisotopic (exact) mass is 289 g/mol. The summed E-state index contributed by atoms with van der Waals surface area (Å²) >= 11 is 0. The van der Waals surface area contributed by atoms with Gasteiger partial charge in [0.25, 0.3) is 0 Å². The van der Waals surface area contributed by atoms with Crippen molar-refractivity contribution in [1.82, 2.24) is 9.80 Å². The molecule has 3 saturated carbocycles. The molecule has 1 saturated heterocycles. The van der Waals surface area contributed by atoms with Crippen molar-refractivity contribution in [3.05, 3.63) is 6.04 Å². The summed E-state index contributed by atoms with van der Waals surface area (Å²) in [7, 11) is 4.72. The van der Waals surface area contributed by atoms with Crippen molar-refractivity contribution in [3.8, 4) is 0 Å². The predicted molar refractivity (Wildman–Crippen MR) is 87.9 cm³/mol. The Morgan fingerprint density at radius 2 is 1.62 bits per heavy atom. The number of hydrogen-bond donors (Lipinski definition) is 0. The zero-order chi connectivity index (χ0) is 14.5. The van der Waals surface area contributed by atoms with E-state index in [2.05, 4.69) is 23.9 Å². The Bertz CT molecular complexity index is 371. The van der Waals surface area contributed by atoms with Crippen LogP contribution in [-0.2, 0) is 0 Å². The highest BCUT2D eigenvalue weighted by molar-refractivity contribution is 5.11. The smallest absolute Gasteiger partial charge is 0.0394 e. The minimum atomic E-state index is 0.544. The Hall–Kier alpha value is -0.0800. The third-order valence-electron chi connectivity index (χ3n) is 7.54. The fourth-order valence-electron chi connectivity index (χ4n) is 5.88. The normalized spacial score (nSPS) is 42.4. The molecule has 21 heavy (non-hydrogen) atoms. The standard InChI is InChI=1S/C19H33N2/c1-20(2)19(16-5-3-4-6-16)11-9-18(10-12-19)13-14-21(15-18)17-7-8-17/h16H,3-15H2,1-2H3. The van der Waals surface area contributed by atoms with Gasteiger partial charge in [-0.05, 0) is 89.8 Å². The summed E-state index contributed by atoms with van der Waals surface area (Å²) in [4.78, 5) is 5.37. The van der Waals surface area contributed by atoms with Gasteiger partial charge in [-0.2, -0.15) is 0 Å². The first-order valence-corrected chi connectivity index (χ1v) is 9.41. The molecular formula is C19H33N2. The van der Waals surface area contributed by atoms with Gasteiger partial charge in [0.2, 0.25) is 0 Å². The molecule has 0 bridgehead atoms. The molecule has 2 nitrogen and oxygen atoms in total. The Morgan fingerprint density at radius 3 is 2.19 bits per heavy atom. The van der Waals surface area contributed by atoms with E-state index in [9.17, 15) is 0 Å². The van der Waals surface area contributed by atoms with E-state index in [0.717, 1.165) is 5.92 Å². The average Bonchev–Trinajstić information content (AvgIpc) is 3.02. The van der Waals surface area contributed by atoms with Gasteiger partial charge < -0.3 is 4.90 Å². The molecule has 1 radical (unpaired) electrons. The molecule has 1 aliphatic heterocycles. The van der Waals surface area contributed by atoms with Gasteiger partial charge in [-0.25, -0.2) is 0 Å². The molecule has 119 valence electrons. The first kappa shape index (κ1) is 14.5. The van der Waals surface area contributed by atoms with Crippen molar-refractivity contribution in [2.45, 2.75) is 76.2 Å². The van der Waals surface area contributed by atoms with Gasteiger partial charge in [-0.3, -0.25) is 4.90 Å². The maximum Gasteiger partial charge on any atom is 0.0394 e. The van der Waals surface area contributed by atoms with E-state index in [1.165, 1.54) is 83.7 Å². The van der Waals surface area contributed by atoms with Crippen molar-refractivity contribution in [2.75, 3.05) is 27.2 Å². The van der Waals surface area contributed by atoms with Crippen molar-refractivity contribution in [2.24, 2.45) is 11.3 Å². The maximum absolute atomic E-state index is 2.75. The van der Waals surface area contributed by atoms with Crippen molar-refractivity contribution >= 4 is 0 Å². The van der Waals surface area contributed by atoms with Crippen molar-refractivity contribution < 1.29 is 0 Å². The Kier molecular flexibility index (Phi) is 3.61. The van der Waals surface area contributed by atoms with Gasteiger partial charge in [-0.15, -0.1) is 0 Å². The lowest BCUT2D eigenvalue weighted by Crippen LogP contribution is -2.54. The lowest BCUT2D eigenvalue weighted by molar-refractivity contribution is -0.00169. The van der Waals surface area contributed by atoms with E-state index in [0.29, 0.717) is 11.0 Å². The molecule has 3 aliphatic carbocycles. The van der Waals surface area contributed by atoms with Gasteiger partial charge >= 0.3 is 0 Å². The highest BCUT2D eigenvalue weighted by Gasteiger charge is 2.51. The number of rotatable bonds is 3. The van der Waals surface area contributed by atoms with Crippen LogP contribution in [0, 0.1) is 17.4 Å². The lowest BCUT2D eigenvalue weighted by atomic mass is 9.62. The zero-order valence-corrected chi connectivity index (χ0v) is 14.2. The second kappa shape index (κ2) is 5.23. The molecule has 0 aromatic heterocycles. The van der Waals surface area contributed by atoms with Crippen LogP contribution in [0.15, 0.2) is 0 Å². The van der Waals surface area contributed by atoms with Crippen LogP contribution in [0.2, 0.25) is 0 Å². The Morgan fingerprint density at radius 1 is 0.952 bits per heavy atom. The van der Waals surface area contributed by atoms with Crippen LogP contribution in [0.1, 0.15) is 70.6 Å². The van der Waals surface area contributed by atoms with Gasteiger partial charge in [0, 0.05) is 18.1 Å². The topological polar surface area (TPSA) is 6.48 Å². The molecule has 0 N–H and O–H groups in total. The fraction of sp³-hybridized carbons (Fsp3) is 0.947. The fourth-order valence-corrected chi connectivity index (χ4v) is 5.88. The van der Waals surface area contributed by atoms with E-state index in [1.54, 1.807) is 6.04 Å². The highest BCUT2D eigenvalue weighted by Crippen LogP contribution is 2.54. The highest BCUT2D eigenvalue weighted by atomic mass is 15.2. The second-order valence-corrected chi connectivity index (χ2v) is 8.72. The van der Waals surface area contributed by atoms with E-state index >= 15 is 0 Å². The van der Waals surface area contributed by atoms with Crippen molar-refractivity contribution in [3.63, 3.8) is 0 Å². The van der Waals surface area contributed by atoms with E-state index < -0.39 is 0 Å². The summed E-state index contributed by atoms with van der Waals surface area (Å²) in [6.45, 7) is 2.77. The molecule has 2 heteroatoms. The summed E-state index contributed by atoms with van der Waals surface area (Å²) in [5.41, 5.74) is 1.23. The summed E-state index contributed by atoms with van der Waals surface area (Å²) in [5, 5.41) is 0. The zero-order valence-electron chi connectivity index (χ0n) is 14.2. The van der Waals surface area contributed by atoms with Crippen LogP contribution in [0.3, 0.4) is 0 Å². The molecule has 0 aromatic carbocycles. The maximum atomic E-state index is 2.75. The van der Waals surface area contributed by atoms with Gasteiger partial charge in [0.15, 0.2) is 0 Å². The van der Waals surface area contributed by atoms with E-state index in [4.69, 9.17) is 0 Å². The molecule has 4 aliphatic rings. The predicted octanol–water partition coefficient (Wildman–Crippen LogP) is 4.07. The van der Waals surface area contributed by atoms with Crippen molar-refractivity contribution in [1.29, 1.82) is 0 Å². The molecule has 0 amide bonds. The molecule has 4 fully saturated rings. The first-order valence-electron chi connectivity index (χ1n) is 9.41. The van der Waals surface area contributed by atoms with Crippen LogP contribution < -0.4 is 0 Å². The summed E-state index contributed by atoms with van der Waals surface area (Å²) in [5.74, 6) is 0.986. The minimum absolute atomic E-state index is 0.544. The Labute approximate surface area is 131 Å². The number of hydrogen-bond acceptors (Lipinski definition) is 2. The van der Waals surface area contributed by atoms with E-state index in [1.807, 2.05) is 0 Å².